The molecule has 19 heavy (non-hydrogen) atoms. The minimum atomic E-state index is 0.00185. The number of amides is 1. The number of hydrogen-bond donors (Lipinski definition) is 0. The second-order valence-electron chi connectivity index (χ2n) is 4.61. The molecule has 1 aliphatic rings. The maximum absolute atomic E-state index is 12.4. The molecule has 2 heterocycles. The molecule has 4 heteroatoms. The number of fused-ring (bicyclic) bond motifs is 1. The Labute approximate surface area is 120 Å². The molecule has 0 aliphatic carbocycles. The minimum Gasteiger partial charge on any atom is -0.333 e. The van der Waals surface area contributed by atoms with Gasteiger partial charge in [0.15, 0.2) is 0 Å². The van der Waals surface area contributed by atoms with Crippen LogP contribution < -0.4 is 0 Å². The van der Waals surface area contributed by atoms with E-state index in [1.807, 2.05) is 23.1 Å². The third kappa shape index (κ3) is 2.54. The van der Waals surface area contributed by atoms with Gasteiger partial charge in [-0.05, 0) is 45.6 Å². The van der Waals surface area contributed by atoms with Gasteiger partial charge in [0, 0.05) is 23.8 Å². The zero-order valence-corrected chi connectivity index (χ0v) is 11.9. The molecule has 2 aromatic rings. The number of carbonyl (C=O) groups is 1. The third-order valence-corrected chi connectivity index (χ3v) is 3.83. The predicted molar refractivity (Wildman–Crippen MR) is 76.8 cm³/mol. The van der Waals surface area contributed by atoms with E-state index in [4.69, 9.17) is 0 Å². The molecule has 0 fully saturated rings. The number of pyridine rings is 1. The van der Waals surface area contributed by atoms with Gasteiger partial charge in [-0.3, -0.25) is 4.79 Å². The Kier molecular flexibility index (Phi) is 3.34. The van der Waals surface area contributed by atoms with Crippen molar-refractivity contribution in [2.45, 2.75) is 13.0 Å². The van der Waals surface area contributed by atoms with Crippen molar-refractivity contribution < 1.29 is 4.79 Å². The molecular formula is C15H13BrN2O. The van der Waals surface area contributed by atoms with Gasteiger partial charge >= 0.3 is 0 Å². The average Bonchev–Trinajstić information content (AvgIpc) is 2.47. The molecular weight excluding hydrogens is 304 g/mol. The van der Waals surface area contributed by atoms with E-state index in [1.54, 1.807) is 12.3 Å². The largest absolute Gasteiger partial charge is 0.333 e. The number of hydrogen-bond acceptors (Lipinski definition) is 2. The molecule has 0 bridgehead atoms. The van der Waals surface area contributed by atoms with Gasteiger partial charge in [0.05, 0.1) is 0 Å². The standard InChI is InChI=1S/C15H13BrN2O/c16-13-5-6-14(17-9-13)15(19)18-8-7-11-3-1-2-4-12(11)10-18/h1-6,9H,7-8,10H2. The lowest BCUT2D eigenvalue weighted by molar-refractivity contribution is 0.0728. The molecule has 0 unspecified atom stereocenters. The van der Waals surface area contributed by atoms with Crippen LogP contribution in [0.15, 0.2) is 47.1 Å². The second-order valence-corrected chi connectivity index (χ2v) is 5.52. The van der Waals surface area contributed by atoms with E-state index >= 15 is 0 Å². The quantitative estimate of drug-likeness (QED) is 0.810. The van der Waals surface area contributed by atoms with Gasteiger partial charge in [0.25, 0.3) is 5.91 Å². The Bertz CT molecular complexity index is 610. The fourth-order valence-electron chi connectivity index (χ4n) is 2.33. The van der Waals surface area contributed by atoms with Crippen LogP contribution in [0.4, 0.5) is 0 Å². The first kappa shape index (κ1) is 12.4. The molecule has 1 aliphatic heterocycles. The smallest absolute Gasteiger partial charge is 0.272 e. The summed E-state index contributed by atoms with van der Waals surface area (Å²) in [5.41, 5.74) is 3.08. The van der Waals surface area contributed by atoms with Crippen molar-refractivity contribution in [2.24, 2.45) is 0 Å². The summed E-state index contributed by atoms with van der Waals surface area (Å²) in [4.78, 5) is 18.4. The Morgan fingerprint density at radius 2 is 1.95 bits per heavy atom. The Morgan fingerprint density at radius 3 is 2.68 bits per heavy atom. The molecule has 3 nitrogen and oxygen atoms in total. The topological polar surface area (TPSA) is 33.2 Å². The number of nitrogens with zero attached hydrogens (tertiary/aromatic N) is 2. The van der Waals surface area contributed by atoms with Crippen LogP contribution in [-0.4, -0.2) is 22.3 Å². The van der Waals surface area contributed by atoms with E-state index < -0.39 is 0 Å². The summed E-state index contributed by atoms with van der Waals surface area (Å²) in [6.45, 7) is 1.43. The van der Waals surface area contributed by atoms with Crippen LogP contribution in [0.25, 0.3) is 0 Å². The highest BCUT2D eigenvalue weighted by atomic mass is 79.9. The molecule has 96 valence electrons. The molecule has 0 N–H and O–H groups in total. The van der Waals surface area contributed by atoms with E-state index in [2.05, 4.69) is 33.0 Å². The van der Waals surface area contributed by atoms with Crippen LogP contribution in [-0.2, 0) is 13.0 Å². The van der Waals surface area contributed by atoms with Gasteiger partial charge in [-0.2, -0.15) is 0 Å². The molecule has 0 saturated heterocycles. The molecule has 1 amide bonds. The van der Waals surface area contributed by atoms with E-state index in [-0.39, 0.29) is 5.91 Å². The number of aromatic nitrogens is 1. The minimum absolute atomic E-state index is 0.00185. The normalized spacial score (nSPS) is 14.1. The van der Waals surface area contributed by atoms with Crippen LogP contribution in [0.2, 0.25) is 0 Å². The molecule has 0 radical (unpaired) electrons. The number of benzene rings is 1. The van der Waals surface area contributed by atoms with Crippen molar-refractivity contribution in [3.8, 4) is 0 Å². The zero-order chi connectivity index (χ0) is 13.2. The number of halogens is 1. The van der Waals surface area contributed by atoms with Crippen LogP contribution in [0.3, 0.4) is 0 Å². The van der Waals surface area contributed by atoms with E-state index in [9.17, 15) is 4.79 Å². The lowest BCUT2D eigenvalue weighted by Crippen LogP contribution is -2.36. The molecule has 1 aromatic heterocycles. The molecule has 3 rings (SSSR count). The van der Waals surface area contributed by atoms with Crippen molar-refractivity contribution in [2.75, 3.05) is 6.54 Å². The highest BCUT2D eigenvalue weighted by molar-refractivity contribution is 9.10. The summed E-state index contributed by atoms with van der Waals surface area (Å²) < 4.78 is 0.882. The monoisotopic (exact) mass is 316 g/mol. The van der Waals surface area contributed by atoms with Crippen LogP contribution in [0, 0.1) is 0 Å². The van der Waals surface area contributed by atoms with Crippen LogP contribution in [0.5, 0.6) is 0 Å². The lowest BCUT2D eigenvalue weighted by atomic mass is 10.00. The summed E-state index contributed by atoms with van der Waals surface area (Å²) in [7, 11) is 0. The first-order valence-electron chi connectivity index (χ1n) is 6.21. The second kappa shape index (κ2) is 5.13. The maximum atomic E-state index is 12.4. The fraction of sp³-hybridized carbons (Fsp3) is 0.200. The van der Waals surface area contributed by atoms with E-state index in [0.29, 0.717) is 12.2 Å². The number of carbonyl (C=O) groups excluding carboxylic acids is 1. The molecule has 0 atom stereocenters. The van der Waals surface area contributed by atoms with Crippen molar-refractivity contribution >= 4 is 21.8 Å². The van der Waals surface area contributed by atoms with Crippen molar-refractivity contribution in [3.05, 3.63) is 63.9 Å². The molecule has 0 saturated carbocycles. The van der Waals surface area contributed by atoms with Gasteiger partial charge in [-0.1, -0.05) is 24.3 Å². The summed E-state index contributed by atoms with van der Waals surface area (Å²) in [5, 5.41) is 0. The van der Waals surface area contributed by atoms with Crippen LogP contribution >= 0.6 is 15.9 Å². The van der Waals surface area contributed by atoms with E-state index in [0.717, 1.165) is 17.4 Å². The highest BCUT2D eigenvalue weighted by Crippen LogP contribution is 2.20. The fourth-order valence-corrected chi connectivity index (χ4v) is 2.57. The summed E-state index contributed by atoms with van der Waals surface area (Å²) in [6, 6.07) is 11.9. The highest BCUT2D eigenvalue weighted by Gasteiger charge is 2.22. The van der Waals surface area contributed by atoms with Gasteiger partial charge in [-0.25, -0.2) is 4.98 Å². The first-order valence-corrected chi connectivity index (χ1v) is 7.01. The van der Waals surface area contributed by atoms with Crippen molar-refractivity contribution in [1.82, 2.24) is 9.88 Å². The summed E-state index contributed by atoms with van der Waals surface area (Å²) in [6.07, 6.45) is 2.57. The SMILES string of the molecule is O=C(c1ccc(Br)cn1)N1CCc2ccccc2C1. The number of rotatable bonds is 1. The van der Waals surface area contributed by atoms with Gasteiger partial charge in [0.2, 0.25) is 0 Å². The molecule has 1 aromatic carbocycles. The summed E-state index contributed by atoms with van der Waals surface area (Å²) in [5.74, 6) is 0.00185. The van der Waals surface area contributed by atoms with E-state index in [1.165, 1.54) is 11.1 Å². The lowest BCUT2D eigenvalue weighted by Gasteiger charge is -2.28. The van der Waals surface area contributed by atoms with Gasteiger partial charge < -0.3 is 4.90 Å². The van der Waals surface area contributed by atoms with Crippen molar-refractivity contribution in [1.29, 1.82) is 0 Å². The average molecular weight is 317 g/mol. The maximum Gasteiger partial charge on any atom is 0.272 e. The van der Waals surface area contributed by atoms with Gasteiger partial charge in [0.1, 0.15) is 5.69 Å². The van der Waals surface area contributed by atoms with Crippen molar-refractivity contribution in [3.63, 3.8) is 0 Å². The van der Waals surface area contributed by atoms with Gasteiger partial charge in [-0.15, -0.1) is 0 Å². The van der Waals surface area contributed by atoms with Crippen LogP contribution in [0.1, 0.15) is 21.6 Å². The Morgan fingerprint density at radius 1 is 1.16 bits per heavy atom. The Balaban J connectivity index is 1.81. The third-order valence-electron chi connectivity index (χ3n) is 3.36. The predicted octanol–water partition coefficient (Wildman–Crippen LogP) is 3.04. The zero-order valence-electron chi connectivity index (χ0n) is 10.3. The molecule has 0 spiro atoms. The Hall–Kier alpha value is -1.68. The summed E-state index contributed by atoms with van der Waals surface area (Å²) >= 11 is 3.32. The first-order chi connectivity index (χ1) is 9.24.